The average molecular weight is 554 g/mol. The van der Waals surface area contributed by atoms with Gasteiger partial charge in [-0.2, -0.15) is 0 Å². The Morgan fingerprint density at radius 1 is 1.06 bits per heavy atom. The van der Waals surface area contributed by atoms with Crippen LogP contribution in [0.25, 0.3) is 0 Å². The highest BCUT2D eigenvalue weighted by molar-refractivity contribution is 14.0. The number of halogens is 1. The summed E-state index contributed by atoms with van der Waals surface area (Å²) < 4.78 is 11.3. The third-order valence-electron chi connectivity index (χ3n) is 5.43. The van der Waals surface area contributed by atoms with Gasteiger partial charge in [-0.05, 0) is 42.7 Å². The van der Waals surface area contributed by atoms with E-state index in [1.807, 2.05) is 24.3 Å². The highest BCUT2D eigenvalue weighted by atomic mass is 127. The molecule has 0 atom stereocenters. The second kappa shape index (κ2) is 14.9. The molecule has 0 bridgehead atoms. The molecule has 0 radical (unpaired) electrons. The second-order valence-corrected chi connectivity index (χ2v) is 7.80. The van der Waals surface area contributed by atoms with Gasteiger partial charge in [-0.1, -0.05) is 37.8 Å². The number of rotatable bonds is 9. The predicted molar refractivity (Wildman–Crippen MR) is 137 cm³/mol. The zero-order valence-corrected chi connectivity index (χ0v) is 21.1. The number of aliphatic imine (C=N–C) groups is 1. The Labute approximate surface area is 207 Å². The molecule has 0 aliphatic heterocycles. The fraction of sp³-hybridized carbons (Fsp3) is 0.500. The summed E-state index contributed by atoms with van der Waals surface area (Å²) in [6.07, 6.45) is 9.58. The van der Waals surface area contributed by atoms with Gasteiger partial charge in [0.25, 0.3) is 5.91 Å². The second-order valence-electron chi connectivity index (χ2n) is 7.80. The molecular weight excluding hydrogens is 519 g/mol. The molecular formula is C24H35IN4O3. The zero-order valence-electron chi connectivity index (χ0n) is 18.8. The summed E-state index contributed by atoms with van der Waals surface area (Å²) in [5, 5.41) is 9.45. The number of amides is 1. The van der Waals surface area contributed by atoms with Crippen LogP contribution in [-0.2, 0) is 17.8 Å². The van der Waals surface area contributed by atoms with Gasteiger partial charge in [0.15, 0.2) is 5.96 Å². The smallest absolute Gasteiger partial charge is 0.251 e. The monoisotopic (exact) mass is 554 g/mol. The number of hydrogen-bond acceptors (Lipinski definition) is 4. The van der Waals surface area contributed by atoms with Crippen molar-refractivity contribution in [3.8, 4) is 0 Å². The summed E-state index contributed by atoms with van der Waals surface area (Å²) in [5.41, 5.74) is 1.62. The van der Waals surface area contributed by atoms with Crippen molar-refractivity contribution in [2.24, 2.45) is 4.99 Å². The molecule has 32 heavy (non-hydrogen) atoms. The first-order valence-corrected chi connectivity index (χ1v) is 11.2. The lowest BCUT2D eigenvalue weighted by Gasteiger charge is -2.17. The van der Waals surface area contributed by atoms with E-state index in [-0.39, 0.29) is 29.9 Å². The highest BCUT2D eigenvalue weighted by Gasteiger charge is 2.12. The van der Waals surface area contributed by atoms with E-state index < -0.39 is 0 Å². The van der Waals surface area contributed by atoms with Crippen LogP contribution in [0.1, 0.15) is 60.2 Å². The van der Waals surface area contributed by atoms with Crippen LogP contribution in [0.5, 0.6) is 0 Å². The Kier molecular flexibility index (Phi) is 12.2. The van der Waals surface area contributed by atoms with Crippen LogP contribution in [-0.4, -0.2) is 38.2 Å². The summed E-state index contributed by atoms with van der Waals surface area (Å²) in [6.45, 7) is 2.33. The molecule has 0 unspecified atom stereocenters. The van der Waals surface area contributed by atoms with Crippen LogP contribution >= 0.6 is 24.0 Å². The van der Waals surface area contributed by atoms with Crippen molar-refractivity contribution < 1.29 is 13.9 Å². The molecule has 1 aromatic carbocycles. The average Bonchev–Trinajstić information content (AvgIpc) is 3.19. The summed E-state index contributed by atoms with van der Waals surface area (Å²) in [7, 11) is 1.75. The van der Waals surface area contributed by atoms with E-state index in [1.165, 1.54) is 38.5 Å². The third kappa shape index (κ3) is 9.20. The van der Waals surface area contributed by atoms with Gasteiger partial charge in [0, 0.05) is 25.7 Å². The minimum absolute atomic E-state index is 0. The van der Waals surface area contributed by atoms with Gasteiger partial charge in [0.2, 0.25) is 0 Å². The van der Waals surface area contributed by atoms with Crippen molar-refractivity contribution in [2.45, 2.75) is 57.7 Å². The van der Waals surface area contributed by atoms with Crippen LogP contribution < -0.4 is 16.0 Å². The Morgan fingerprint density at radius 2 is 1.88 bits per heavy atom. The van der Waals surface area contributed by atoms with Crippen LogP contribution in [0.15, 0.2) is 52.1 Å². The van der Waals surface area contributed by atoms with Crippen LogP contribution in [0, 0.1) is 0 Å². The van der Waals surface area contributed by atoms with Crippen molar-refractivity contribution in [2.75, 3.05) is 20.2 Å². The Hall–Kier alpha value is -2.07. The number of carbonyl (C=O) groups excluding carboxylic acids is 1. The van der Waals surface area contributed by atoms with Crippen LogP contribution in [0.2, 0.25) is 0 Å². The lowest BCUT2D eigenvalue weighted by molar-refractivity contribution is 0.0468. The topological polar surface area (TPSA) is 87.9 Å². The molecule has 0 spiro atoms. The number of benzene rings is 1. The fourth-order valence-corrected chi connectivity index (χ4v) is 3.72. The van der Waals surface area contributed by atoms with E-state index >= 15 is 0 Å². The first kappa shape index (κ1) is 26.2. The lowest BCUT2D eigenvalue weighted by Crippen LogP contribution is -2.39. The molecule has 1 fully saturated rings. The van der Waals surface area contributed by atoms with E-state index in [0.717, 1.165) is 17.3 Å². The van der Waals surface area contributed by atoms with Gasteiger partial charge < -0.3 is 25.1 Å². The Bertz CT molecular complexity index is 818. The third-order valence-corrected chi connectivity index (χ3v) is 5.43. The highest BCUT2D eigenvalue weighted by Crippen LogP contribution is 2.19. The molecule has 1 amide bonds. The van der Waals surface area contributed by atoms with Crippen molar-refractivity contribution >= 4 is 35.8 Å². The number of nitrogens with zero attached hydrogens (tertiary/aromatic N) is 1. The molecule has 7 nitrogen and oxygen atoms in total. The molecule has 1 saturated carbocycles. The number of nitrogens with one attached hydrogen (secondary N) is 3. The van der Waals surface area contributed by atoms with Crippen molar-refractivity contribution in [3.05, 3.63) is 59.5 Å². The molecule has 176 valence electrons. The summed E-state index contributed by atoms with van der Waals surface area (Å²) in [4.78, 5) is 16.7. The summed E-state index contributed by atoms with van der Waals surface area (Å²) in [5.74, 6) is 1.32. The predicted octanol–water partition coefficient (Wildman–Crippen LogP) is 4.23. The van der Waals surface area contributed by atoms with Crippen molar-refractivity contribution in [1.29, 1.82) is 0 Å². The minimum Gasteiger partial charge on any atom is -0.467 e. The number of hydrogen-bond donors (Lipinski definition) is 3. The van der Waals surface area contributed by atoms with Crippen LogP contribution in [0.3, 0.4) is 0 Å². The van der Waals surface area contributed by atoms with Gasteiger partial charge >= 0.3 is 0 Å². The number of carbonyl (C=O) groups is 1. The molecule has 3 rings (SSSR count). The Balaban J connectivity index is 0.00000363. The summed E-state index contributed by atoms with van der Waals surface area (Å²) in [6, 6.07) is 11.2. The van der Waals surface area contributed by atoms with E-state index in [2.05, 4.69) is 20.9 Å². The lowest BCUT2D eigenvalue weighted by atomic mass is 10.1. The van der Waals surface area contributed by atoms with E-state index in [1.54, 1.807) is 25.4 Å². The molecule has 8 heteroatoms. The first-order valence-electron chi connectivity index (χ1n) is 11.2. The number of furan rings is 1. The van der Waals surface area contributed by atoms with Gasteiger partial charge in [-0.25, -0.2) is 0 Å². The Morgan fingerprint density at radius 3 is 2.59 bits per heavy atom. The molecule has 3 N–H and O–H groups in total. The fourth-order valence-electron chi connectivity index (χ4n) is 3.72. The molecule has 1 aliphatic carbocycles. The summed E-state index contributed by atoms with van der Waals surface area (Å²) >= 11 is 0. The van der Waals surface area contributed by atoms with E-state index in [9.17, 15) is 4.79 Å². The maximum Gasteiger partial charge on any atom is 0.251 e. The zero-order chi connectivity index (χ0) is 21.7. The standard InChI is InChI=1S/C24H34N4O3.HI/c1-25-24(26-13-15-31-21-10-4-2-3-5-11-21)28-17-19-8-6-9-20(16-19)23(29)27-18-22-12-7-14-30-22;/h6-9,12,14,16,21H,2-5,10-11,13,15,17-18H2,1H3,(H,27,29)(H2,25,26,28);1H. The van der Waals surface area contributed by atoms with Gasteiger partial charge in [0.1, 0.15) is 5.76 Å². The van der Waals surface area contributed by atoms with Crippen LogP contribution in [0.4, 0.5) is 0 Å². The molecule has 1 heterocycles. The molecule has 2 aromatic rings. The van der Waals surface area contributed by atoms with Crippen molar-refractivity contribution in [3.63, 3.8) is 0 Å². The van der Waals surface area contributed by atoms with E-state index in [0.29, 0.717) is 37.9 Å². The quantitative estimate of drug-likeness (QED) is 0.142. The minimum atomic E-state index is -0.128. The first-order chi connectivity index (χ1) is 15.2. The molecule has 1 aromatic heterocycles. The largest absolute Gasteiger partial charge is 0.467 e. The maximum atomic E-state index is 12.4. The number of ether oxygens (including phenoxy) is 1. The SMILES string of the molecule is CN=C(NCCOC1CCCCCC1)NCc1cccc(C(=O)NCc2ccco2)c1.I. The number of guanidine groups is 1. The van der Waals surface area contributed by atoms with Gasteiger partial charge in [-0.3, -0.25) is 9.79 Å². The van der Waals surface area contributed by atoms with Crippen molar-refractivity contribution in [1.82, 2.24) is 16.0 Å². The molecule has 0 saturated heterocycles. The molecule has 1 aliphatic rings. The van der Waals surface area contributed by atoms with Gasteiger partial charge in [-0.15, -0.1) is 24.0 Å². The normalized spacial score (nSPS) is 14.8. The van der Waals surface area contributed by atoms with E-state index in [4.69, 9.17) is 9.15 Å². The maximum absolute atomic E-state index is 12.4. The van der Waals surface area contributed by atoms with Gasteiger partial charge in [0.05, 0.1) is 25.5 Å².